The molecule has 4 rings (SSSR count). The number of carbonyl (C=O) groups is 2. The van der Waals surface area contributed by atoms with E-state index in [-0.39, 0.29) is 16.7 Å². The van der Waals surface area contributed by atoms with Crippen LogP contribution < -0.4 is 15.8 Å². The number of anilines is 1. The van der Waals surface area contributed by atoms with E-state index in [2.05, 4.69) is 15.5 Å². The SMILES string of the molecule is NS(=O)(=O)c1ccc(NC(=O)CCN(Cc2ccc(C(=O)NC3CC3)cc2)C2CC2)cc1. The molecule has 0 aliphatic heterocycles. The quantitative estimate of drug-likeness (QED) is 0.506. The predicted molar refractivity (Wildman–Crippen MR) is 121 cm³/mol. The van der Waals surface area contributed by atoms with E-state index in [1.165, 1.54) is 24.3 Å². The Labute approximate surface area is 188 Å². The van der Waals surface area contributed by atoms with Crippen molar-refractivity contribution < 1.29 is 18.0 Å². The molecule has 8 nitrogen and oxygen atoms in total. The molecule has 2 aliphatic rings. The normalized spacial score (nSPS) is 16.1. The molecule has 0 saturated heterocycles. The Balaban J connectivity index is 1.28. The summed E-state index contributed by atoms with van der Waals surface area (Å²) in [6.45, 7) is 1.35. The average Bonchev–Trinajstić information content (AvgIpc) is 3.66. The van der Waals surface area contributed by atoms with Gasteiger partial charge in [-0.1, -0.05) is 12.1 Å². The van der Waals surface area contributed by atoms with Gasteiger partial charge < -0.3 is 10.6 Å². The highest BCUT2D eigenvalue weighted by Gasteiger charge is 2.29. The second kappa shape index (κ2) is 9.40. The second-order valence-electron chi connectivity index (χ2n) is 8.51. The fourth-order valence-corrected chi connectivity index (χ4v) is 4.03. The van der Waals surface area contributed by atoms with Crippen LogP contribution in [-0.2, 0) is 21.4 Å². The van der Waals surface area contributed by atoms with Crippen LogP contribution in [0.3, 0.4) is 0 Å². The zero-order valence-corrected chi connectivity index (χ0v) is 18.6. The lowest BCUT2D eigenvalue weighted by Gasteiger charge is -2.22. The number of carbonyl (C=O) groups excluding carboxylic acids is 2. The highest BCUT2D eigenvalue weighted by molar-refractivity contribution is 7.89. The Morgan fingerprint density at radius 1 is 0.969 bits per heavy atom. The minimum atomic E-state index is -3.75. The minimum Gasteiger partial charge on any atom is -0.349 e. The molecule has 0 spiro atoms. The van der Waals surface area contributed by atoms with Gasteiger partial charge in [-0.2, -0.15) is 0 Å². The molecule has 2 fully saturated rings. The molecule has 0 unspecified atom stereocenters. The molecule has 0 aromatic heterocycles. The average molecular weight is 457 g/mol. The molecule has 4 N–H and O–H groups in total. The summed E-state index contributed by atoms with van der Waals surface area (Å²) in [6.07, 6.45) is 4.70. The van der Waals surface area contributed by atoms with Crippen molar-refractivity contribution in [3.63, 3.8) is 0 Å². The van der Waals surface area contributed by atoms with Crippen molar-refractivity contribution in [2.75, 3.05) is 11.9 Å². The molecule has 2 aromatic rings. The summed E-state index contributed by atoms with van der Waals surface area (Å²) >= 11 is 0. The highest BCUT2D eigenvalue weighted by Crippen LogP contribution is 2.28. The highest BCUT2D eigenvalue weighted by atomic mass is 32.2. The smallest absolute Gasteiger partial charge is 0.251 e. The number of rotatable bonds is 10. The van der Waals surface area contributed by atoms with Crippen LogP contribution >= 0.6 is 0 Å². The third-order valence-corrected chi connectivity index (χ3v) is 6.60. The first-order valence-corrected chi connectivity index (χ1v) is 12.4. The van der Waals surface area contributed by atoms with Crippen LogP contribution in [0.1, 0.15) is 48.0 Å². The summed E-state index contributed by atoms with van der Waals surface area (Å²) in [5.41, 5.74) is 2.31. The molecule has 32 heavy (non-hydrogen) atoms. The van der Waals surface area contributed by atoms with E-state index in [9.17, 15) is 18.0 Å². The third-order valence-electron chi connectivity index (χ3n) is 5.67. The molecule has 0 radical (unpaired) electrons. The van der Waals surface area contributed by atoms with Crippen molar-refractivity contribution in [2.45, 2.75) is 55.6 Å². The van der Waals surface area contributed by atoms with Gasteiger partial charge in [-0.3, -0.25) is 14.5 Å². The van der Waals surface area contributed by atoms with Gasteiger partial charge in [0, 0.05) is 42.8 Å². The molecular weight excluding hydrogens is 428 g/mol. The van der Waals surface area contributed by atoms with Crippen molar-refractivity contribution in [2.24, 2.45) is 5.14 Å². The summed E-state index contributed by atoms with van der Waals surface area (Å²) < 4.78 is 22.7. The van der Waals surface area contributed by atoms with E-state index in [0.717, 1.165) is 37.8 Å². The van der Waals surface area contributed by atoms with Crippen LogP contribution in [0.2, 0.25) is 0 Å². The monoisotopic (exact) mass is 456 g/mol. The third kappa shape index (κ3) is 6.38. The number of hydrogen-bond donors (Lipinski definition) is 3. The maximum absolute atomic E-state index is 12.4. The van der Waals surface area contributed by atoms with Crippen molar-refractivity contribution in [3.05, 3.63) is 59.7 Å². The van der Waals surface area contributed by atoms with Gasteiger partial charge in [-0.15, -0.1) is 0 Å². The minimum absolute atomic E-state index is 0.00597. The first-order chi connectivity index (χ1) is 15.3. The fourth-order valence-electron chi connectivity index (χ4n) is 3.52. The zero-order valence-electron chi connectivity index (χ0n) is 17.8. The van der Waals surface area contributed by atoms with Crippen LogP contribution in [-0.4, -0.2) is 43.8 Å². The predicted octanol–water partition coefficient (Wildman–Crippen LogP) is 2.22. The lowest BCUT2D eigenvalue weighted by atomic mass is 10.1. The number of sulfonamides is 1. The van der Waals surface area contributed by atoms with Crippen LogP contribution in [0.25, 0.3) is 0 Å². The maximum atomic E-state index is 12.4. The van der Waals surface area contributed by atoms with Crippen LogP contribution in [0.15, 0.2) is 53.4 Å². The molecular formula is C23H28N4O4S. The lowest BCUT2D eigenvalue weighted by Crippen LogP contribution is -2.29. The molecule has 2 saturated carbocycles. The van der Waals surface area contributed by atoms with Gasteiger partial charge in [-0.05, 0) is 67.6 Å². The van der Waals surface area contributed by atoms with Gasteiger partial charge in [0.05, 0.1) is 4.90 Å². The van der Waals surface area contributed by atoms with Crippen molar-refractivity contribution in [1.82, 2.24) is 10.2 Å². The van der Waals surface area contributed by atoms with Crippen LogP contribution in [0.5, 0.6) is 0 Å². The van der Waals surface area contributed by atoms with Gasteiger partial charge in [0.25, 0.3) is 5.91 Å². The summed E-state index contributed by atoms with van der Waals surface area (Å²) in [6, 6.07) is 14.3. The molecule has 0 bridgehead atoms. The first-order valence-electron chi connectivity index (χ1n) is 10.8. The number of benzene rings is 2. The number of primary sulfonamides is 1. The van der Waals surface area contributed by atoms with E-state index in [4.69, 9.17) is 5.14 Å². The van der Waals surface area contributed by atoms with Gasteiger partial charge in [-0.25, -0.2) is 13.6 Å². The van der Waals surface area contributed by atoms with Gasteiger partial charge in [0.1, 0.15) is 0 Å². The Morgan fingerprint density at radius 3 is 2.19 bits per heavy atom. The summed E-state index contributed by atoms with van der Waals surface area (Å²) in [5, 5.41) is 10.9. The van der Waals surface area contributed by atoms with Crippen molar-refractivity contribution in [3.8, 4) is 0 Å². The van der Waals surface area contributed by atoms with Crippen LogP contribution in [0.4, 0.5) is 5.69 Å². The summed E-state index contributed by atoms with van der Waals surface area (Å²) in [5.74, 6) is -0.155. The van der Waals surface area contributed by atoms with E-state index in [0.29, 0.717) is 36.3 Å². The van der Waals surface area contributed by atoms with Gasteiger partial charge >= 0.3 is 0 Å². The van der Waals surface area contributed by atoms with Crippen molar-refractivity contribution in [1.29, 1.82) is 0 Å². The molecule has 0 heterocycles. The number of hydrogen-bond acceptors (Lipinski definition) is 5. The van der Waals surface area contributed by atoms with Crippen LogP contribution in [0, 0.1) is 0 Å². The molecule has 0 atom stereocenters. The molecule has 170 valence electrons. The molecule has 2 aliphatic carbocycles. The molecule has 2 aromatic carbocycles. The Bertz CT molecular complexity index is 1080. The summed E-state index contributed by atoms with van der Waals surface area (Å²) in [7, 11) is -3.75. The standard InChI is InChI=1S/C23H28N4O4S/c24-32(30,31)21-11-7-18(8-12-21)25-22(28)13-14-27(20-9-10-20)15-16-1-3-17(4-2-16)23(29)26-19-5-6-19/h1-4,7-8,11-12,19-20H,5-6,9-10,13-15H2,(H,25,28)(H,26,29)(H2,24,30,31). The van der Waals surface area contributed by atoms with Crippen molar-refractivity contribution >= 4 is 27.5 Å². The largest absolute Gasteiger partial charge is 0.349 e. The Hall–Kier alpha value is -2.75. The summed E-state index contributed by atoms with van der Waals surface area (Å²) in [4.78, 5) is 26.8. The molecule has 9 heteroatoms. The lowest BCUT2D eigenvalue weighted by molar-refractivity contribution is -0.116. The second-order valence-corrected chi connectivity index (χ2v) is 10.1. The maximum Gasteiger partial charge on any atom is 0.251 e. The first kappa shape index (κ1) is 22.4. The number of nitrogens with zero attached hydrogens (tertiary/aromatic N) is 1. The Morgan fingerprint density at radius 2 is 1.62 bits per heavy atom. The molecule has 2 amide bonds. The Kier molecular flexibility index (Phi) is 6.59. The van der Waals surface area contributed by atoms with E-state index in [1.54, 1.807) is 0 Å². The van der Waals surface area contributed by atoms with Gasteiger partial charge in [0.2, 0.25) is 15.9 Å². The topological polar surface area (TPSA) is 122 Å². The fraction of sp³-hybridized carbons (Fsp3) is 0.391. The van der Waals surface area contributed by atoms with E-state index in [1.807, 2.05) is 24.3 Å². The zero-order chi connectivity index (χ0) is 22.7. The number of nitrogens with two attached hydrogens (primary N) is 1. The number of nitrogens with one attached hydrogen (secondary N) is 2. The number of amides is 2. The van der Waals surface area contributed by atoms with E-state index < -0.39 is 10.0 Å². The van der Waals surface area contributed by atoms with Gasteiger partial charge in [0.15, 0.2) is 0 Å². The van der Waals surface area contributed by atoms with E-state index >= 15 is 0 Å².